The normalized spacial score (nSPS) is 11.3. The summed E-state index contributed by atoms with van der Waals surface area (Å²) in [4.78, 5) is 12.2. The summed E-state index contributed by atoms with van der Waals surface area (Å²) < 4.78 is 26.6. The molecule has 0 aliphatic heterocycles. The number of hydrogen-bond acceptors (Lipinski definition) is 6. The van der Waals surface area contributed by atoms with E-state index in [-0.39, 0.29) is 11.4 Å². The summed E-state index contributed by atoms with van der Waals surface area (Å²) in [7, 11) is -1.88. The first kappa shape index (κ1) is 14.4. The molecule has 2 aromatic rings. The van der Waals surface area contributed by atoms with E-state index in [0.717, 1.165) is 0 Å². The fraction of sp³-hybridized carbons (Fsp3) is 0.250. The van der Waals surface area contributed by atoms with Crippen LogP contribution in [0.1, 0.15) is 11.5 Å². The van der Waals surface area contributed by atoms with Crippen molar-refractivity contribution in [1.82, 2.24) is 19.7 Å². The van der Waals surface area contributed by atoms with Crippen molar-refractivity contribution < 1.29 is 8.42 Å². The molecule has 0 aliphatic rings. The quantitative estimate of drug-likeness (QED) is 0.842. The topological polar surface area (TPSA) is 96.9 Å². The van der Waals surface area contributed by atoms with E-state index < -0.39 is 10.0 Å². The molecule has 2 N–H and O–H groups in total. The second-order valence-corrected chi connectivity index (χ2v) is 5.82. The lowest BCUT2D eigenvalue weighted by Crippen LogP contribution is -2.24. The number of sulfonamides is 1. The molecular weight excluding hydrogens is 278 g/mol. The van der Waals surface area contributed by atoms with Gasteiger partial charge in [-0.05, 0) is 25.1 Å². The zero-order chi connectivity index (χ0) is 14.6. The molecule has 0 aliphatic carbocycles. The highest BCUT2D eigenvalue weighted by molar-refractivity contribution is 7.89. The molecule has 0 saturated carbocycles. The van der Waals surface area contributed by atoms with Crippen LogP contribution in [0.15, 0.2) is 35.5 Å². The van der Waals surface area contributed by atoms with Crippen molar-refractivity contribution in [1.29, 1.82) is 0 Å². The molecule has 0 aromatic carbocycles. The maximum atomic E-state index is 12.1. The van der Waals surface area contributed by atoms with Crippen LogP contribution < -0.4 is 10.0 Å². The number of pyridine rings is 1. The Balaban J connectivity index is 2.10. The van der Waals surface area contributed by atoms with Gasteiger partial charge in [0.05, 0.1) is 12.2 Å². The van der Waals surface area contributed by atoms with Gasteiger partial charge in [0.15, 0.2) is 0 Å². The Labute approximate surface area is 117 Å². The molecule has 0 fully saturated rings. The van der Waals surface area contributed by atoms with Crippen LogP contribution in [0.2, 0.25) is 0 Å². The highest BCUT2D eigenvalue weighted by Gasteiger charge is 2.14. The van der Waals surface area contributed by atoms with E-state index in [1.807, 2.05) is 0 Å². The summed E-state index contributed by atoms with van der Waals surface area (Å²) in [5.41, 5.74) is 0.612. The van der Waals surface area contributed by atoms with Crippen molar-refractivity contribution in [2.75, 3.05) is 12.4 Å². The lowest BCUT2D eigenvalue weighted by Gasteiger charge is -2.07. The molecule has 2 rings (SSSR count). The first-order valence-electron chi connectivity index (χ1n) is 5.93. The second-order valence-electron chi connectivity index (χ2n) is 4.05. The van der Waals surface area contributed by atoms with E-state index in [4.69, 9.17) is 0 Å². The SMILES string of the molecule is CNc1ccc(S(=O)(=O)NCc2ccnc(C)n2)cn1. The molecule has 106 valence electrons. The van der Waals surface area contributed by atoms with Gasteiger partial charge in [-0.2, -0.15) is 0 Å². The Bertz CT molecular complexity index is 685. The van der Waals surface area contributed by atoms with Gasteiger partial charge in [0.1, 0.15) is 16.5 Å². The average Bonchev–Trinajstić information content (AvgIpc) is 2.45. The summed E-state index contributed by atoms with van der Waals surface area (Å²) in [6, 6.07) is 4.76. The van der Waals surface area contributed by atoms with Gasteiger partial charge in [0.2, 0.25) is 10.0 Å². The molecule has 7 nitrogen and oxygen atoms in total. The van der Waals surface area contributed by atoms with E-state index >= 15 is 0 Å². The van der Waals surface area contributed by atoms with E-state index in [0.29, 0.717) is 17.3 Å². The Kier molecular flexibility index (Phi) is 4.26. The number of anilines is 1. The van der Waals surface area contributed by atoms with E-state index in [2.05, 4.69) is 25.0 Å². The molecule has 0 atom stereocenters. The predicted molar refractivity (Wildman–Crippen MR) is 74.6 cm³/mol. The molecule has 0 amide bonds. The molecule has 2 heterocycles. The summed E-state index contributed by atoms with van der Waals surface area (Å²) in [5.74, 6) is 1.21. The Morgan fingerprint density at radius 1 is 1.20 bits per heavy atom. The third kappa shape index (κ3) is 3.49. The average molecular weight is 293 g/mol. The molecule has 8 heteroatoms. The molecule has 2 aromatic heterocycles. The van der Waals surface area contributed by atoms with Gasteiger partial charge in [-0.15, -0.1) is 0 Å². The monoisotopic (exact) mass is 293 g/mol. The van der Waals surface area contributed by atoms with Crippen LogP contribution in [0.4, 0.5) is 5.82 Å². The molecule has 0 saturated heterocycles. The van der Waals surface area contributed by atoms with Gasteiger partial charge in [0.25, 0.3) is 0 Å². The fourth-order valence-electron chi connectivity index (χ4n) is 1.54. The summed E-state index contributed by atoms with van der Waals surface area (Å²) >= 11 is 0. The largest absolute Gasteiger partial charge is 0.373 e. The number of nitrogens with one attached hydrogen (secondary N) is 2. The van der Waals surface area contributed by atoms with Crippen molar-refractivity contribution in [3.63, 3.8) is 0 Å². The van der Waals surface area contributed by atoms with E-state index in [1.54, 1.807) is 32.3 Å². The minimum Gasteiger partial charge on any atom is -0.373 e. The van der Waals surface area contributed by atoms with Crippen LogP contribution >= 0.6 is 0 Å². The van der Waals surface area contributed by atoms with Crippen LogP contribution in [-0.4, -0.2) is 30.4 Å². The lowest BCUT2D eigenvalue weighted by molar-refractivity contribution is 0.580. The van der Waals surface area contributed by atoms with Gasteiger partial charge < -0.3 is 5.32 Å². The molecule has 20 heavy (non-hydrogen) atoms. The highest BCUT2D eigenvalue weighted by Crippen LogP contribution is 2.10. The summed E-state index contributed by atoms with van der Waals surface area (Å²) in [5, 5.41) is 2.83. The predicted octanol–water partition coefficient (Wildman–Crippen LogP) is 0.700. The Morgan fingerprint density at radius 3 is 2.60 bits per heavy atom. The minimum atomic E-state index is -3.60. The summed E-state index contributed by atoms with van der Waals surface area (Å²) in [6.07, 6.45) is 2.90. The molecular formula is C12H15N5O2S. The maximum absolute atomic E-state index is 12.1. The number of rotatable bonds is 5. The lowest BCUT2D eigenvalue weighted by atomic mass is 10.4. The summed E-state index contributed by atoms with van der Waals surface area (Å²) in [6.45, 7) is 1.86. The highest BCUT2D eigenvalue weighted by atomic mass is 32.2. The van der Waals surface area contributed by atoms with Crippen molar-refractivity contribution in [2.45, 2.75) is 18.4 Å². The maximum Gasteiger partial charge on any atom is 0.242 e. The van der Waals surface area contributed by atoms with Crippen LogP contribution in [0.3, 0.4) is 0 Å². The van der Waals surface area contributed by atoms with Crippen LogP contribution in [0.25, 0.3) is 0 Å². The van der Waals surface area contributed by atoms with Gasteiger partial charge in [-0.25, -0.2) is 28.1 Å². The third-order valence-electron chi connectivity index (χ3n) is 2.58. The first-order valence-corrected chi connectivity index (χ1v) is 7.41. The van der Waals surface area contributed by atoms with Crippen LogP contribution in [0, 0.1) is 6.92 Å². The van der Waals surface area contributed by atoms with Crippen molar-refractivity contribution in [2.24, 2.45) is 0 Å². The minimum absolute atomic E-state index is 0.111. The second kappa shape index (κ2) is 5.93. The van der Waals surface area contributed by atoms with Crippen molar-refractivity contribution in [3.8, 4) is 0 Å². The van der Waals surface area contributed by atoms with Gasteiger partial charge >= 0.3 is 0 Å². The number of aryl methyl sites for hydroxylation is 1. The van der Waals surface area contributed by atoms with Crippen LogP contribution in [-0.2, 0) is 16.6 Å². The Morgan fingerprint density at radius 2 is 2.00 bits per heavy atom. The van der Waals surface area contributed by atoms with Crippen LogP contribution in [0.5, 0.6) is 0 Å². The third-order valence-corrected chi connectivity index (χ3v) is 3.97. The number of hydrogen-bond donors (Lipinski definition) is 2. The number of nitrogens with zero attached hydrogens (tertiary/aromatic N) is 3. The smallest absolute Gasteiger partial charge is 0.242 e. The van der Waals surface area contributed by atoms with Gasteiger partial charge in [-0.3, -0.25) is 0 Å². The molecule has 0 unspecified atom stereocenters. The standard InChI is InChI=1S/C12H15N5O2S/c1-9-14-6-5-10(17-9)7-16-20(18,19)11-3-4-12(13-2)15-8-11/h3-6,8,16H,7H2,1-2H3,(H,13,15). The van der Waals surface area contributed by atoms with Gasteiger partial charge in [0, 0.05) is 19.4 Å². The zero-order valence-electron chi connectivity index (χ0n) is 11.2. The van der Waals surface area contributed by atoms with Crippen molar-refractivity contribution in [3.05, 3.63) is 42.1 Å². The van der Waals surface area contributed by atoms with E-state index in [9.17, 15) is 8.42 Å². The van der Waals surface area contributed by atoms with Gasteiger partial charge in [-0.1, -0.05) is 0 Å². The molecule has 0 spiro atoms. The van der Waals surface area contributed by atoms with Crippen molar-refractivity contribution >= 4 is 15.8 Å². The molecule has 0 bridgehead atoms. The van der Waals surface area contributed by atoms with E-state index in [1.165, 1.54) is 12.3 Å². The number of aromatic nitrogens is 3. The zero-order valence-corrected chi connectivity index (χ0v) is 12.0. The molecule has 0 radical (unpaired) electrons. The fourth-order valence-corrected chi connectivity index (χ4v) is 2.49. The Hall–Kier alpha value is -2.06. The first-order chi connectivity index (χ1) is 9.51.